The van der Waals surface area contributed by atoms with Gasteiger partial charge in [0.2, 0.25) is 5.95 Å². The zero-order valence-electron chi connectivity index (χ0n) is 16.4. The number of hydrogen-bond donors (Lipinski definition) is 1. The molecule has 3 atom stereocenters. The lowest BCUT2D eigenvalue weighted by atomic mass is 10.2. The Hall–Kier alpha value is -3.20. The van der Waals surface area contributed by atoms with Crippen molar-refractivity contribution in [3.8, 4) is 5.69 Å². The standard InChI is InChI=1S/C20H20ClFN6O2/c1-12(22)17-11-30-20(29)28(17)18-7-8-23-19(26-18)25-13(2)14-9-24-27(10-14)16-5-3-15(21)4-6-16/h3-10,12-13,17H,11H2,1-2H3,(H,23,25,26)/t12-,13+,17?/m1/s1. The topological polar surface area (TPSA) is 85.2 Å². The number of halogens is 2. The summed E-state index contributed by atoms with van der Waals surface area (Å²) < 4.78 is 20.6. The van der Waals surface area contributed by atoms with Gasteiger partial charge in [0.1, 0.15) is 24.6 Å². The molecule has 3 heterocycles. The third-order valence-electron chi connectivity index (χ3n) is 4.86. The minimum Gasteiger partial charge on any atom is -0.447 e. The maximum absolute atomic E-state index is 13.9. The third-order valence-corrected chi connectivity index (χ3v) is 5.12. The van der Waals surface area contributed by atoms with Crippen molar-refractivity contribution in [3.05, 3.63) is 59.5 Å². The Labute approximate surface area is 177 Å². The molecule has 0 bridgehead atoms. The zero-order chi connectivity index (χ0) is 21.3. The van der Waals surface area contributed by atoms with E-state index in [1.807, 2.05) is 25.3 Å². The molecule has 1 unspecified atom stereocenters. The molecule has 1 N–H and O–H groups in total. The lowest BCUT2D eigenvalue weighted by Gasteiger charge is -2.22. The molecule has 156 valence electrons. The first-order chi connectivity index (χ1) is 14.4. The van der Waals surface area contributed by atoms with Crippen LogP contribution < -0.4 is 10.2 Å². The molecule has 10 heteroatoms. The Morgan fingerprint density at radius 3 is 2.77 bits per heavy atom. The van der Waals surface area contributed by atoms with Crippen molar-refractivity contribution in [2.75, 3.05) is 16.8 Å². The Kier molecular flexibility index (Phi) is 5.54. The van der Waals surface area contributed by atoms with E-state index >= 15 is 0 Å². The number of nitrogens with zero attached hydrogens (tertiary/aromatic N) is 5. The van der Waals surface area contributed by atoms with Crippen LogP contribution in [0.15, 0.2) is 48.9 Å². The van der Waals surface area contributed by atoms with E-state index in [1.165, 1.54) is 18.0 Å². The van der Waals surface area contributed by atoms with E-state index in [1.54, 1.807) is 29.1 Å². The van der Waals surface area contributed by atoms with Crippen LogP contribution in [0.2, 0.25) is 5.02 Å². The van der Waals surface area contributed by atoms with Crippen molar-refractivity contribution in [1.29, 1.82) is 0 Å². The van der Waals surface area contributed by atoms with E-state index < -0.39 is 18.3 Å². The Morgan fingerprint density at radius 2 is 2.03 bits per heavy atom. The van der Waals surface area contributed by atoms with Gasteiger partial charge in [0, 0.05) is 23.0 Å². The summed E-state index contributed by atoms with van der Waals surface area (Å²) in [5, 5.41) is 8.22. The van der Waals surface area contributed by atoms with Crippen molar-refractivity contribution >= 4 is 29.5 Å². The molecule has 0 spiro atoms. The monoisotopic (exact) mass is 430 g/mol. The lowest BCUT2D eigenvalue weighted by molar-refractivity contribution is 0.174. The van der Waals surface area contributed by atoms with Crippen molar-refractivity contribution in [2.24, 2.45) is 0 Å². The molecule has 1 aliphatic heterocycles. The SMILES string of the molecule is C[C@H](Nc1nccc(N2C(=O)OCC2[C@@H](C)F)n1)c1cnn(-c2ccc(Cl)cc2)c1. The second-order valence-electron chi connectivity index (χ2n) is 6.99. The molecule has 2 aromatic heterocycles. The van der Waals surface area contributed by atoms with E-state index in [2.05, 4.69) is 20.4 Å². The van der Waals surface area contributed by atoms with Gasteiger partial charge in [-0.1, -0.05) is 11.6 Å². The van der Waals surface area contributed by atoms with Gasteiger partial charge in [-0.3, -0.25) is 4.90 Å². The van der Waals surface area contributed by atoms with E-state index in [9.17, 15) is 9.18 Å². The second kappa shape index (κ2) is 8.27. The molecule has 1 amide bonds. The predicted molar refractivity (Wildman–Crippen MR) is 111 cm³/mol. The number of anilines is 2. The van der Waals surface area contributed by atoms with E-state index in [0.717, 1.165) is 11.3 Å². The van der Waals surface area contributed by atoms with Gasteiger partial charge in [-0.05, 0) is 44.2 Å². The Morgan fingerprint density at radius 1 is 1.27 bits per heavy atom. The number of aromatic nitrogens is 4. The fourth-order valence-electron chi connectivity index (χ4n) is 3.16. The molecular formula is C20H20ClFN6O2. The molecular weight excluding hydrogens is 411 g/mol. The highest BCUT2D eigenvalue weighted by Crippen LogP contribution is 2.26. The first kappa shape index (κ1) is 20.1. The summed E-state index contributed by atoms with van der Waals surface area (Å²) in [5.74, 6) is 0.595. The van der Waals surface area contributed by atoms with Gasteiger partial charge in [-0.25, -0.2) is 18.9 Å². The Balaban J connectivity index is 1.50. The molecule has 0 saturated carbocycles. The average molecular weight is 431 g/mol. The summed E-state index contributed by atoms with van der Waals surface area (Å²) in [6.07, 6.45) is 3.28. The van der Waals surface area contributed by atoms with Crippen LogP contribution in [0.3, 0.4) is 0 Å². The zero-order valence-corrected chi connectivity index (χ0v) is 17.1. The number of carbonyl (C=O) groups excluding carboxylic acids is 1. The number of amides is 1. The molecule has 0 radical (unpaired) electrons. The summed E-state index contributed by atoms with van der Waals surface area (Å²) in [5.41, 5.74) is 1.80. The van der Waals surface area contributed by atoms with Gasteiger partial charge in [0.15, 0.2) is 0 Å². The minimum atomic E-state index is -1.25. The van der Waals surface area contributed by atoms with Crippen molar-refractivity contribution in [2.45, 2.75) is 32.1 Å². The fraction of sp³-hybridized carbons (Fsp3) is 0.300. The highest BCUT2D eigenvalue weighted by molar-refractivity contribution is 6.30. The molecule has 1 aliphatic rings. The van der Waals surface area contributed by atoms with E-state index in [4.69, 9.17) is 16.3 Å². The van der Waals surface area contributed by atoms with Crippen LogP contribution in [0.5, 0.6) is 0 Å². The molecule has 4 rings (SSSR count). The summed E-state index contributed by atoms with van der Waals surface area (Å²) >= 11 is 5.93. The molecule has 0 aliphatic carbocycles. The smallest absolute Gasteiger partial charge is 0.416 e. The highest BCUT2D eigenvalue weighted by atomic mass is 35.5. The quantitative estimate of drug-likeness (QED) is 0.631. The van der Waals surface area contributed by atoms with E-state index in [-0.39, 0.29) is 18.5 Å². The molecule has 1 aromatic carbocycles. The molecule has 3 aromatic rings. The van der Waals surface area contributed by atoms with Gasteiger partial charge in [0.25, 0.3) is 0 Å². The maximum Gasteiger partial charge on any atom is 0.416 e. The number of nitrogens with one attached hydrogen (secondary N) is 1. The van der Waals surface area contributed by atoms with Crippen LogP contribution >= 0.6 is 11.6 Å². The largest absolute Gasteiger partial charge is 0.447 e. The lowest BCUT2D eigenvalue weighted by Crippen LogP contribution is -2.39. The maximum atomic E-state index is 13.9. The predicted octanol–water partition coefficient (Wildman–Crippen LogP) is 4.17. The van der Waals surface area contributed by atoms with Gasteiger partial charge >= 0.3 is 6.09 Å². The van der Waals surface area contributed by atoms with Crippen LogP contribution in [0.4, 0.5) is 21.0 Å². The van der Waals surface area contributed by atoms with Crippen LogP contribution in [0.1, 0.15) is 25.5 Å². The summed E-state index contributed by atoms with van der Waals surface area (Å²) in [4.78, 5) is 21.8. The fourth-order valence-corrected chi connectivity index (χ4v) is 3.29. The number of rotatable bonds is 6. The van der Waals surface area contributed by atoms with Gasteiger partial charge < -0.3 is 10.1 Å². The number of hydrogen-bond acceptors (Lipinski definition) is 6. The van der Waals surface area contributed by atoms with Gasteiger partial charge in [0.05, 0.1) is 17.9 Å². The van der Waals surface area contributed by atoms with Crippen LogP contribution in [-0.4, -0.2) is 44.7 Å². The molecule has 1 fully saturated rings. The first-order valence-corrected chi connectivity index (χ1v) is 9.80. The summed E-state index contributed by atoms with van der Waals surface area (Å²) in [7, 11) is 0. The normalized spacial score (nSPS) is 18.2. The average Bonchev–Trinajstić information content (AvgIpc) is 3.36. The second-order valence-corrected chi connectivity index (χ2v) is 7.43. The van der Waals surface area contributed by atoms with E-state index in [0.29, 0.717) is 11.0 Å². The highest BCUT2D eigenvalue weighted by Gasteiger charge is 2.39. The number of carbonyl (C=O) groups is 1. The minimum absolute atomic E-state index is 0.0104. The van der Waals surface area contributed by atoms with Crippen molar-refractivity contribution in [3.63, 3.8) is 0 Å². The van der Waals surface area contributed by atoms with Crippen molar-refractivity contribution in [1.82, 2.24) is 19.7 Å². The van der Waals surface area contributed by atoms with Crippen LogP contribution in [0.25, 0.3) is 5.69 Å². The molecule has 1 saturated heterocycles. The Bertz CT molecular complexity index is 1040. The molecule has 30 heavy (non-hydrogen) atoms. The van der Waals surface area contributed by atoms with Crippen LogP contribution in [-0.2, 0) is 4.74 Å². The van der Waals surface area contributed by atoms with Crippen LogP contribution in [0, 0.1) is 0 Å². The first-order valence-electron chi connectivity index (χ1n) is 9.42. The summed E-state index contributed by atoms with van der Waals surface area (Å²) in [6.45, 7) is 3.32. The number of cyclic esters (lactones) is 1. The van der Waals surface area contributed by atoms with Gasteiger partial charge in [-0.15, -0.1) is 0 Å². The van der Waals surface area contributed by atoms with Gasteiger partial charge in [-0.2, -0.15) is 10.1 Å². The number of alkyl halides is 1. The van der Waals surface area contributed by atoms with Crippen molar-refractivity contribution < 1.29 is 13.9 Å². The number of ether oxygens (including phenoxy) is 1. The third kappa shape index (κ3) is 4.06. The summed E-state index contributed by atoms with van der Waals surface area (Å²) in [6, 6.07) is 8.03. The number of benzene rings is 1. The molecule has 8 nitrogen and oxygen atoms in total.